The lowest BCUT2D eigenvalue weighted by Crippen LogP contribution is -2.46. The van der Waals surface area contributed by atoms with E-state index in [1.54, 1.807) is 6.33 Å². The molecule has 1 saturated heterocycles. The van der Waals surface area contributed by atoms with Gasteiger partial charge in [0.15, 0.2) is 5.65 Å². The Morgan fingerprint density at radius 1 is 1.10 bits per heavy atom. The molecule has 6 nitrogen and oxygen atoms in total. The monoisotopic (exact) mass is 280 g/mol. The van der Waals surface area contributed by atoms with Crippen LogP contribution < -0.4 is 4.90 Å². The third-order valence-corrected chi connectivity index (χ3v) is 4.20. The van der Waals surface area contributed by atoms with E-state index in [2.05, 4.69) is 36.4 Å². The second-order valence-corrected chi connectivity index (χ2v) is 5.50. The molecule has 0 N–H and O–H groups in total. The maximum Gasteiger partial charge on any atom is 0.160 e. The highest BCUT2D eigenvalue weighted by molar-refractivity contribution is 5.51. The van der Waals surface area contributed by atoms with Crippen molar-refractivity contribution in [2.24, 2.45) is 0 Å². The predicted molar refractivity (Wildman–Crippen MR) is 79.4 cm³/mol. The third kappa shape index (κ3) is 1.86. The lowest BCUT2D eigenvalue weighted by Gasteiger charge is -2.39. The Morgan fingerprint density at radius 3 is 2.81 bits per heavy atom. The highest BCUT2D eigenvalue weighted by Crippen LogP contribution is 2.31. The van der Waals surface area contributed by atoms with Crippen molar-refractivity contribution in [1.82, 2.24) is 24.6 Å². The number of fused-ring (bicyclic) bond motifs is 1. The van der Waals surface area contributed by atoms with Crippen LogP contribution in [0.25, 0.3) is 5.65 Å². The molecule has 0 aliphatic carbocycles. The SMILES string of the molecule is Cc1ncnc(N2CC(c3nnc4ccccn34)C2)c1C. The summed E-state index contributed by atoms with van der Waals surface area (Å²) in [6.07, 6.45) is 3.66. The van der Waals surface area contributed by atoms with Crippen molar-refractivity contribution in [3.05, 3.63) is 47.8 Å². The Morgan fingerprint density at radius 2 is 1.95 bits per heavy atom. The van der Waals surface area contributed by atoms with Gasteiger partial charge in [0.25, 0.3) is 0 Å². The van der Waals surface area contributed by atoms with Crippen molar-refractivity contribution in [2.75, 3.05) is 18.0 Å². The normalized spacial score (nSPS) is 15.4. The number of hydrogen-bond donors (Lipinski definition) is 0. The van der Waals surface area contributed by atoms with Gasteiger partial charge in [-0.3, -0.25) is 4.40 Å². The number of pyridine rings is 1. The molecule has 4 heterocycles. The maximum absolute atomic E-state index is 4.41. The number of anilines is 1. The van der Waals surface area contributed by atoms with Gasteiger partial charge in [0.2, 0.25) is 0 Å². The summed E-state index contributed by atoms with van der Waals surface area (Å²) in [5.41, 5.74) is 3.10. The van der Waals surface area contributed by atoms with E-state index in [1.807, 2.05) is 31.3 Å². The van der Waals surface area contributed by atoms with Crippen LogP contribution in [0.5, 0.6) is 0 Å². The molecule has 0 saturated carbocycles. The van der Waals surface area contributed by atoms with Gasteiger partial charge in [0.05, 0.1) is 5.92 Å². The van der Waals surface area contributed by atoms with E-state index in [0.717, 1.165) is 41.6 Å². The number of aromatic nitrogens is 5. The molecule has 0 radical (unpaired) electrons. The van der Waals surface area contributed by atoms with E-state index in [0.29, 0.717) is 5.92 Å². The standard InChI is InChI=1S/C15H16N6/c1-10-11(2)16-9-17-14(10)20-7-12(8-20)15-19-18-13-5-3-4-6-21(13)15/h3-6,9,12H,7-8H2,1-2H3. The average Bonchev–Trinajstić information content (AvgIpc) is 2.86. The smallest absolute Gasteiger partial charge is 0.160 e. The van der Waals surface area contributed by atoms with E-state index >= 15 is 0 Å². The molecule has 0 atom stereocenters. The largest absolute Gasteiger partial charge is 0.355 e. The predicted octanol–water partition coefficient (Wildman–Crippen LogP) is 1.74. The number of rotatable bonds is 2. The Bertz CT molecular complexity index is 803. The van der Waals surface area contributed by atoms with Crippen LogP contribution in [-0.2, 0) is 0 Å². The molecule has 0 spiro atoms. The van der Waals surface area contributed by atoms with Crippen LogP contribution >= 0.6 is 0 Å². The number of aryl methyl sites for hydroxylation is 1. The quantitative estimate of drug-likeness (QED) is 0.715. The zero-order valence-corrected chi connectivity index (χ0v) is 12.1. The highest BCUT2D eigenvalue weighted by Gasteiger charge is 2.33. The van der Waals surface area contributed by atoms with Crippen LogP contribution in [0.15, 0.2) is 30.7 Å². The first kappa shape index (κ1) is 12.3. The van der Waals surface area contributed by atoms with Crippen molar-refractivity contribution >= 4 is 11.5 Å². The molecular formula is C15H16N6. The van der Waals surface area contributed by atoms with Crippen LogP contribution in [-0.4, -0.2) is 37.7 Å². The fourth-order valence-electron chi connectivity index (χ4n) is 2.80. The molecule has 6 heteroatoms. The molecule has 0 unspecified atom stereocenters. The van der Waals surface area contributed by atoms with E-state index in [9.17, 15) is 0 Å². The minimum atomic E-state index is 0.400. The van der Waals surface area contributed by atoms with Crippen molar-refractivity contribution in [1.29, 1.82) is 0 Å². The van der Waals surface area contributed by atoms with Crippen molar-refractivity contribution in [3.8, 4) is 0 Å². The summed E-state index contributed by atoms with van der Waals surface area (Å²) in [6, 6.07) is 5.97. The summed E-state index contributed by atoms with van der Waals surface area (Å²) < 4.78 is 2.07. The molecule has 0 bridgehead atoms. The van der Waals surface area contributed by atoms with Gasteiger partial charge in [0.1, 0.15) is 18.0 Å². The van der Waals surface area contributed by atoms with Gasteiger partial charge in [-0.05, 0) is 26.0 Å². The first-order valence-corrected chi connectivity index (χ1v) is 7.07. The second kappa shape index (κ2) is 4.51. The lowest BCUT2D eigenvalue weighted by atomic mass is 9.98. The van der Waals surface area contributed by atoms with E-state index in [1.165, 1.54) is 0 Å². The first-order valence-electron chi connectivity index (χ1n) is 7.07. The minimum absolute atomic E-state index is 0.400. The zero-order valence-electron chi connectivity index (χ0n) is 12.1. The molecule has 21 heavy (non-hydrogen) atoms. The second-order valence-electron chi connectivity index (χ2n) is 5.50. The van der Waals surface area contributed by atoms with Gasteiger partial charge in [-0.1, -0.05) is 6.07 Å². The van der Waals surface area contributed by atoms with E-state index < -0.39 is 0 Å². The van der Waals surface area contributed by atoms with Crippen LogP contribution in [0, 0.1) is 13.8 Å². The van der Waals surface area contributed by atoms with Crippen LogP contribution in [0.3, 0.4) is 0 Å². The number of nitrogens with zero attached hydrogens (tertiary/aromatic N) is 6. The molecule has 3 aromatic heterocycles. The zero-order chi connectivity index (χ0) is 14.4. The maximum atomic E-state index is 4.41. The highest BCUT2D eigenvalue weighted by atomic mass is 15.3. The molecule has 1 fully saturated rings. The molecule has 4 rings (SSSR count). The van der Waals surface area contributed by atoms with Crippen LogP contribution in [0.1, 0.15) is 23.0 Å². The Balaban J connectivity index is 1.59. The Labute approximate surface area is 122 Å². The third-order valence-electron chi connectivity index (χ3n) is 4.20. The summed E-state index contributed by atoms with van der Waals surface area (Å²) in [5, 5.41) is 8.56. The van der Waals surface area contributed by atoms with Gasteiger partial charge in [0, 0.05) is 30.5 Å². The first-order chi connectivity index (χ1) is 10.2. The average molecular weight is 280 g/mol. The fourth-order valence-corrected chi connectivity index (χ4v) is 2.80. The van der Waals surface area contributed by atoms with Gasteiger partial charge in [-0.2, -0.15) is 0 Å². The van der Waals surface area contributed by atoms with Gasteiger partial charge < -0.3 is 4.90 Å². The van der Waals surface area contributed by atoms with E-state index in [-0.39, 0.29) is 0 Å². The van der Waals surface area contributed by atoms with Crippen LogP contribution in [0.4, 0.5) is 5.82 Å². The van der Waals surface area contributed by atoms with Gasteiger partial charge >= 0.3 is 0 Å². The van der Waals surface area contributed by atoms with E-state index in [4.69, 9.17) is 0 Å². The van der Waals surface area contributed by atoms with Crippen LogP contribution in [0.2, 0.25) is 0 Å². The van der Waals surface area contributed by atoms with Crippen molar-refractivity contribution < 1.29 is 0 Å². The molecule has 0 amide bonds. The topological polar surface area (TPSA) is 59.2 Å². The summed E-state index contributed by atoms with van der Waals surface area (Å²) in [5.74, 6) is 2.47. The van der Waals surface area contributed by atoms with Gasteiger partial charge in [-0.25, -0.2) is 9.97 Å². The van der Waals surface area contributed by atoms with Gasteiger partial charge in [-0.15, -0.1) is 10.2 Å². The van der Waals surface area contributed by atoms with Crippen molar-refractivity contribution in [2.45, 2.75) is 19.8 Å². The fraction of sp³-hybridized carbons (Fsp3) is 0.333. The summed E-state index contributed by atoms with van der Waals surface area (Å²) >= 11 is 0. The molecule has 106 valence electrons. The summed E-state index contributed by atoms with van der Waals surface area (Å²) in [7, 11) is 0. The number of hydrogen-bond acceptors (Lipinski definition) is 5. The minimum Gasteiger partial charge on any atom is -0.355 e. The Kier molecular flexibility index (Phi) is 2.63. The molecular weight excluding hydrogens is 264 g/mol. The Hall–Kier alpha value is -2.50. The molecule has 0 aromatic carbocycles. The van der Waals surface area contributed by atoms with Crippen molar-refractivity contribution in [3.63, 3.8) is 0 Å². The lowest BCUT2D eigenvalue weighted by molar-refractivity contribution is 0.491. The summed E-state index contributed by atoms with van der Waals surface area (Å²) in [6.45, 7) is 5.94. The summed E-state index contributed by atoms with van der Waals surface area (Å²) in [4.78, 5) is 10.9. The molecule has 1 aliphatic heterocycles. The molecule has 1 aliphatic rings. The molecule has 3 aromatic rings.